The molecule has 0 saturated carbocycles. The molecule has 0 radical (unpaired) electrons. The number of thiophene rings is 1. The van der Waals surface area contributed by atoms with Gasteiger partial charge in [0.2, 0.25) is 0 Å². The Hall–Kier alpha value is -1.22. The van der Waals surface area contributed by atoms with E-state index in [1.54, 1.807) is 17.4 Å². The molecule has 0 aliphatic rings. The van der Waals surface area contributed by atoms with Crippen molar-refractivity contribution >= 4 is 11.3 Å². The van der Waals surface area contributed by atoms with Crippen molar-refractivity contribution in [3.05, 3.63) is 41.7 Å². The largest absolute Gasteiger partial charge is 0.252 e. The monoisotopic (exact) mass is 179 g/mol. The molecule has 2 rings (SSSR count). The van der Waals surface area contributed by atoms with Crippen LogP contribution in [0.5, 0.6) is 0 Å². The van der Waals surface area contributed by atoms with Gasteiger partial charge in [-0.15, -0.1) is 11.3 Å². The third-order valence-corrected chi connectivity index (χ3v) is 2.39. The van der Waals surface area contributed by atoms with Gasteiger partial charge in [-0.2, -0.15) is 0 Å². The summed E-state index contributed by atoms with van der Waals surface area (Å²) in [7, 11) is 0. The molecule has 0 unspecified atom stereocenters. The molecular weight excluding hydrogens is 173 g/mol. The first kappa shape index (κ1) is 7.43. The SMILES string of the molecule is Fc1ccc(-c2cccs2)nc1. The normalized spacial score (nSPS) is 10.1. The lowest BCUT2D eigenvalue weighted by molar-refractivity contribution is 0.622. The van der Waals surface area contributed by atoms with Gasteiger partial charge in [0.1, 0.15) is 5.82 Å². The summed E-state index contributed by atoms with van der Waals surface area (Å²) in [6.45, 7) is 0. The zero-order valence-corrected chi connectivity index (χ0v) is 7.01. The van der Waals surface area contributed by atoms with Gasteiger partial charge in [0.15, 0.2) is 0 Å². The Morgan fingerprint density at radius 2 is 2.17 bits per heavy atom. The summed E-state index contributed by atoms with van der Waals surface area (Å²) in [5, 5.41) is 1.97. The van der Waals surface area contributed by atoms with Crippen LogP contribution in [0.25, 0.3) is 10.6 Å². The highest BCUT2D eigenvalue weighted by atomic mass is 32.1. The van der Waals surface area contributed by atoms with Gasteiger partial charge in [0.05, 0.1) is 16.8 Å². The fourth-order valence-corrected chi connectivity index (χ4v) is 1.65. The maximum Gasteiger partial charge on any atom is 0.141 e. The Labute approximate surface area is 73.5 Å². The van der Waals surface area contributed by atoms with Crippen LogP contribution in [0.15, 0.2) is 35.8 Å². The Bertz CT molecular complexity index is 353. The first-order valence-electron chi connectivity index (χ1n) is 3.52. The Morgan fingerprint density at radius 1 is 1.25 bits per heavy atom. The third-order valence-electron chi connectivity index (χ3n) is 1.50. The molecule has 0 amide bonds. The number of pyridine rings is 1. The molecule has 0 aliphatic carbocycles. The molecule has 0 fully saturated rings. The van der Waals surface area contributed by atoms with Crippen LogP contribution in [-0.2, 0) is 0 Å². The summed E-state index contributed by atoms with van der Waals surface area (Å²) < 4.78 is 12.5. The molecule has 2 heterocycles. The molecule has 60 valence electrons. The number of halogens is 1. The zero-order valence-electron chi connectivity index (χ0n) is 6.20. The molecule has 0 aromatic carbocycles. The summed E-state index contributed by atoms with van der Waals surface area (Å²) in [5.41, 5.74) is 0.825. The molecule has 12 heavy (non-hydrogen) atoms. The van der Waals surface area contributed by atoms with Crippen molar-refractivity contribution in [2.75, 3.05) is 0 Å². The van der Waals surface area contributed by atoms with Crippen LogP contribution in [0.4, 0.5) is 4.39 Å². The predicted octanol–water partition coefficient (Wildman–Crippen LogP) is 2.95. The standard InChI is InChI=1S/C9H6FNS/c10-7-3-4-8(11-6-7)9-2-1-5-12-9/h1-6H. The number of hydrogen-bond donors (Lipinski definition) is 0. The molecule has 0 spiro atoms. The van der Waals surface area contributed by atoms with E-state index in [9.17, 15) is 4.39 Å². The molecule has 0 bridgehead atoms. The summed E-state index contributed by atoms with van der Waals surface area (Å²) >= 11 is 1.60. The minimum atomic E-state index is -0.296. The van der Waals surface area contributed by atoms with Gasteiger partial charge in [-0.3, -0.25) is 4.98 Å². The average molecular weight is 179 g/mol. The number of aromatic nitrogens is 1. The molecule has 0 aliphatic heterocycles. The maximum absolute atomic E-state index is 12.5. The van der Waals surface area contributed by atoms with E-state index in [4.69, 9.17) is 0 Å². The molecule has 0 saturated heterocycles. The van der Waals surface area contributed by atoms with Crippen molar-refractivity contribution < 1.29 is 4.39 Å². The van der Waals surface area contributed by atoms with Gasteiger partial charge in [-0.05, 0) is 23.6 Å². The van der Waals surface area contributed by atoms with Crippen molar-refractivity contribution in [3.63, 3.8) is 0 Å². The van der Waals surface area contributed by atoms with Crippen LogP contribution in [0.3, 0.4) is 0 Å². The van der Waals surface area contributed by atoms with Crippen molar-refractivity contribution in [2.45, 2.75) is 0 Å². The first-order valence-corrected chi connectivity index (χ1v) is 4.39. The minimum absolute atomic E-state index is 0.296. The highest BCUT2D eigenvalue weighted by Gasteiger charge is 1.98. The van der Waals surface area contributed by atoms with Gasteiger partial charge >= 0.3 is 0 Å². The number of nitrogens with zero attached hydrogens (tertiary/aromatic N) is 1. The Kier molecular flexibility index (Phi) is 1.87. The van der Waals surface area contributed by atoms with E-state index in [1.165, 1.54) is 12.3 Å². The quantitative estimate of drug-likeness (QED) is 0.655. The molecule has 2 aromatic rings. The highest BCUT2D eigenvalue weighted by molar-refractivity contribution is 7.13. The van der Waals surface area contributed by atoms with Crippen molar-refractivity contribution in [3.8, 4) is 10.6 Å². The smallest absolute Gasteiger partial charge is 0.141 e. The van der Waals surface area contributed by atoms with Gasteiger partial charge < -0.3 is 0 Å². The molecule has 0 N–H and O–H groups in total. The second-order valence-electron chi connectivity index (χ2n) is 2.34. The van der Waals surface area contributed by atoms with Crippen molar-refractivity contribution in [1.82, 2.24) is 4.98 Å². The lowest BCUT2D eigenvalue weighted by Gasteiger charge is -1.93. The van der Waals surface area contributed by atoms with Gasteiger partial charge in [-0.1, -0.05) is 6.07 Å². The maximum atomic E-state index is 12.5. The van der Waals surface area contributed by atoms with Crippen LogP contribution in [-0.4, -0.2) is 4.98 Å². The van der Waals surface area contributed by atoms with E-state index < -0.39 is 0 Å². The second kappa shape index (κ2) is 3.03. The van der Waals surface area contributed by atoms with Crippen LogP contribution in [0.1, 0.15) is 0 Å². The second-order valence-corrected chi connectivity index (χ2v) is 3.29. The highest BCUT2D eigenvalue weighted by Crippen LogP contribution is 2.21. The molecule has 3 heteroatoms. The lowest BCUT2D eigenvalue weighted by Crippen LogP contribution is -1.80. The van der Waals surface area contributed by atoms with Gasteiger partial charge in [0, 0.05) is 0 Å². The van der Waals surface area contributed by atoms with Crippen LogP contribution >= 0.6 is 11.3 Å². The fourth-order valence-electron chi connectivity index (χ4n) is 0.946. The van der Waals surface area contributed by atoms with E-state index in [1.807, 2.05) is 17.5 Å². The Morgan fingerprint density at radius 3 is 2.75 bits per heavy atom. The third kappa shape index (κ3) is 1.36. The molecular formula is C9H6FNS. The molecule has 0 atom stereocenters. The van der Waals surface area contributed by atoms with Gasteiger partial charge in [0.25, 0.3) is 0 Å². The zero-order chi connectivity index (χ0) is 8.39. The summed E-state index contributed by atoms with van der Waals surface area (Å²) in [6.07, 6.45) is 1.23. The van der Waals surface area contributed by atoms with E-state index in [2.05, 4.69) is 4.98 Å². The first-order chi connectivity index (χ1) is 5.86. The van der Waals surface area contributed by atoms with E-state index in [0.717, 1.165) is 10.6 Å². The number of hydrogen-bond acceptors (Lipinski definition) is 2. The molecule has 2 aromatic heterocycles. The van der Waals surface area contributed by atoms with E-state index >= 15 is 0 Å². The van der Waals surface area contributed by atoms with Crippen molar-refractivity contribution in [1.29, 1.82) is 0 Å². The van der Waals surface area contributed by atoms with Crippen molar-refractivity contribution in [2.24, 2.45) is 0 Å². The van der Waals surface area contributed by atoms with Crippen LogP contribution in [0, 0.1) is 5.82 Å². The van der Waals surface area contributed by atoms with Crippen LogP contribution < -0.4 is 0 Å². The molecule has 1 nitrogen and oxygen atoms in total. The Balaban J connectivity index is 2.43. The average Bonchev–Trinajstić information content (AvgIpc) is 2.58. The fraction of sp³-hybridized carbons (Fsp3) is 0. The van der Waals surface area contributed by atoms with Gasteiger partial charge in [-0.25, -0.2) is 4.39 Å². The predicted molar refractivity (Wildman–Crippen MR) is 47.5 cm³/mol. The van der Waals surface area contributed by atoms with Crippen LogP contribution in [0.2, 0.25) is 0 Å². The topological polar surface area (TPSA) is 12.9 Å². The van der Waals surface area contributed by atoms with E-state index in [0.29, 0.717) is 0 Å². The lowest BCUT2D eigenvalue weighted by atomic mass is 10.3. The van der Waals surface area contributed by atoms with E-state index in [-0.39, 0.29) is 5.82 Å². The summed E-state index contributed by atoms with van der Waals surface area (Å²) in [5.74, 6) is -0.296. The minimum Gasteiger partial charge on any atom is -0.252 e. The summed E-state index contributed by atoms with van der Waals surface area (Å²) in [6, 6.07) is 7.01. The summed E-state index contributed by atoms with van der Waals surface area (Å²) in [4.78, 5) is 5.02. The number of rotatable bonds is 1.